The second-order valence-corrected chi connectivity index (χ2v) is 6.19. The molecule has 2 aliphatic rings. The van der Waals surface area contributed by atoms with E-state index in [0.717, 1.165) is 12.6 Å². The molecule has 1 heterocycles. The maximum Gasteiger partial charge on any atom is 0.0344 e. The molecular formula is C15H31N3. The summed E-state index contributed by atoms with van der Waals surface area (Å²) in [6, 6.07) is 1.57. The van der Waals surface area contributed by atoms with Crippen molar-refractivity contribution in [2.75, 3.05) is 40.3 Å². The summed E-state index contributed by atoms with van der Waals surface area (Å²) >= 11 is 0. The van der Waals surface area contributed by atoms with Crippen LogP contribution in [-0.4, -0.2) is 62.2 Å². The molecule has 1 aliphatic carbocycles. The minimum Gasteiger partial charge on any atom is -0.318 e. The van der Waals surface area contributed by atoms with Gasteiger partial charge >= 0.3 is 0 Å². The zero-order chi connectivity index (χ0) is 12.8. The van der Waals surface area contributed by atoms with E-state index in [0.29, 0.717) is 6.04 Å². The average molecular weight is 253 g/mol. The first kappa shape index (κ1) is 14.3. The molecule has 0 amide bonds. The summed E-state index contributed by atoms with van der Waals surface area (Å²) < 4.78 is 0. The van der Waals surface area contributed by atoms with E-state index in [1.165, 1.54) is 64.6 Å². The van der Waals surface area contributed by atoms with Crippen molar-refractivity contribution in [1.29, 1.82) is 0 Å². The minimum absolute atomic E-state index is 0.695. The van der Waals surface area contributed by atoms with Crippen molar-refractivity contribution in [3.8, 4) is 0 Å². The summed E-state index contributed by atoms with van der Waals surface area (Å²) in [7, 11) is 4.37. The van der Waals surface area contributed by atoms with E-state index >= 15 is 0 Å². The van der Waals surface area contributed by atoms with Gasteiger partial charge in [-0.15, -0.1) is 0 Å². The van der Waals surface area contributed by atoms with Crippen molar-refractivity contribution < 1.29 is 0 Å². The maximum absolute atomic E-state index is 3.36. The third-order valence-corrected chi connectivity index (χ3v) is 4.81. The molecule has 0 aromatic rings. The van der Waals surface area contributed by atoms with Crippen LogP contribution < -0.4 is 5.32 Å². The second-order valence-electron chi connectivity index (χ2n) is 6.19. The summed E-state index contributed by atoms with van der Waals surface area (Å²) in [4.78, 5) is 5.35. The zero-order valence-corrected chi connectivity index (χ0v) is 12.3. The molecule has 3 heteroatoms. The van der Waals surface area contributed by atoms with Gasteiger partial charge in [-0.05, 0) is 46.4 Å². The normalized spacial score (nSPS) is 30.0. The summed E-state index contributed by atoms with van der Waals surface area (Å²) in [5.41, 5.74) is 0. The molecule has 1 N–H and O–H groups in total. The smallest absolute Gasteiger partial charge is 0.0344 e. The predicted molar refractivity (Wildman–Crippen MR) is 78.0 cm³/mol. The number of nitrogens with one attached hydrogen (secondary N) is 1. The van der Waals surface area contributed by atoms with Gasteiger partial charge in [0.1, 0.15) is 0 Å². The van der Waals surface area contributed by atoms with Crippen LogP contribution >= 0.6 is 0 Å². The standard InChI is InChI=1S/C15H31N3/c1-16-12-15-13-18(11-7-10-17(15)2)14-8-5-3-4-6-9-14/h14-16H,3-13H2,1-2H3. The van der Waals surface area contributed by atoms with Crippen LogP contribution in [0, 0.1) is 0 Å². The third-order valence-electron chi connectivity index (χ3n) is 4.81. The fourth-order valence-corrected chi connectivity index (χ4v) is 3.62. The third kappa shape index (κ3) is 3.94. The first-order chi connectivity index (χ1) is 8.81. The van der Waals surface area contributed by atoms with Crippen LogP contribution in [0.3, 0.4) is 0 Å². The average Bonchev–Trinajstić information content (AvgIpc) is 2.72. The fourth-order valence-electron chi connectivity index (χ4n) is 3.62. The highest BCUT2D eigenvalue weighted by molar-refractivity contribution is 4.84. The molecule has 0 aromatic heterocycles. The molecule has 1 aliphatic heterocycles. The second kappa shape index (κ2) is 7.46. The molecule has 2 rings (SSSR count). The topological polar surface area (TPSA) is 18.5 Å². The van der Waals surface area contributed by atoms with Crippen molar-refractivity contribution in [2.24, 2.45) is 0 Å². The summed E-state index contributed by atoms with van der Waals surface area (Å²) in [5, 5.41) is 3.36. The first-order valence-corrected chi connectivity index (χ1v) is 7.90. The van der Waals surface area contributed by atoms with Gasteiger partial charge in [0, 0.05) is 25.2 Å². The molecule has 106 valence electrons. The summed E-state index contributed by atoms with van der Waals surface area (Å²) in [6.07, 6.45) is 10.1. The Morgan fingerprint density at radius 1 is 1.00 bits per heavy atom. The van der Waals surface area contributed by atoms with Crippen LogP contribution in [0.25, 0.3) is 0 Å². The lowest BCUT2D eigenvalue weighted by molar-refractivity contribution is 0.152. The minimum atomic E-state index is 0.695. The number of likely N-dealkylation sites (N-methyl/N-ethyl adjacent to an activating group) is 2. The van der Waals surface area contributed by atoms with E-state index in [4.69, 9.17) is 0 Å². The largest absolute Gasteiger partial charge is 0.318 e. The molecule has 1 unspecified atom stereocenters. The monoisotopic (exact) mass is 253 g/mol. The molecule has 3 nitrogen and oxygen atoms in total. The Bertz CT molecular complexity index is 224. The fraction of sp³-hybridized carbons (Fsp3) is 1.00. The van der Waals surface area contributed by atoms with Crippen LogP contribution in [0.4, 0.5) is 0 Å². The summed E-state index contributed by atoms with van der Waals surface area (Å²) in [6.45, 7) is 4.96. The van der Waals surface area contributed by atoms with Crippen LogP contribution in [-0.2, 0) is 0 Å². The van der Waals surface area contributed by atoms with Gasteiger partial charge in [0.25, 0.3) is 0 Å². The molecule has 1 saturated carbocycles. The Balaban J connectivity index is 1.93. The van der Waals surface area contributed by atoms with Crippen molar-refractivity contribution in [3.63, 3.8) is 0 Å². The van der Waals surface area contributed by atoms with Gasteiger partial charge in [-0.1, -0.05) is 25.7 Å². The van der Waals surface area contributed by atoms with Crippen molar-refractivity contribution in [2.45, 2.75) is 57.0 Å². The molecule has 0 spiro atoms. The quantitative estimate of drug-likeness (QED) is 0.776. The van der Waals surface area contributed by atoms with Crippen LogP contribution in [0.15, 0.2) is 0 Å². The summed E-state index contributed by atoms with van der Waals surface area (Å²) in [5.74, 6) is 0. The molecule has 2 fully saturated rings. The molecule has 0 aromatic carbocycles. The van der Waals surface area contributed by atoms with E-state index < -0.39 is 0 Å². The molecule has 1 atom stereocenters. The van der Waals surface area contributed by atoms with Gasteiger partial charge in [-0.3, -0.25) is 4.90 Å². The lowest BCUT2D eigenvalue weighted by atomic mass is 10.1. The number of hydrogen-bond donors (Lipinski definition) is 1. The molecule has 0 bridgehead atoms. The molecule has 18 heavy (non-hydrogen) atoms. The lowest BCUT2D eigenvalue weighted by Crippen LogP contribution is -2.47. The highest BCUT2D eigenvalue weighted by Crippen LogP contribution is 2.23. The van der Waals surface area contributed by atoms with Gasteiger partial charge in [-0.2, -0.15) is 0 Å². The Hall–Kier alpha value is -0.120. The zero-order valence-electron chi connectivity index (χ0n) is 12.3. The molecular weight excluding hydrogens is 222 g/mol. The number of rotatable bonds is 3. The number of nitrogens with zero attached hydrogens (tertiary/aromatic N) is 2. The van der Waals surface area contributed by atoms with Crippen LogP contribution in [0.5, 0.6) is 0 Å². The van der Waals surface area contributed by atoms with E-state index in [2.05, 4.69) is 29.2 Å². The number of hydrogen-bond acceptors (Lipinski definition) is 3. The maximum atomic E-state index is 3.36. The Kier molecular flexibility index (Phi) is 5.93. The molecule has 1 saturated heterocycles. The lowest BCUT2D eigenvalue weighted by Gasteiger charge is -2.33. The van der Waals surface area contributed by atoms with Crippen LogP contribution in [0.2, 0.25) is 0 Å². The van der Waals surface area contributed by atoms with E-state index in [9.17, 15) is 0 Å². The van der Waals surface area contributed by atoms with E-state index in [1.807, 2.05) is 0 Å². The highest BCUT2D eigenvalue weighted by atomic mass is 15.3. The SMILES string of the molecule is CNCC1CN(C2CCCCCC2)CCCN1C. The molecule has 0 radical (unpaired) electrons. The van der Waals surface area contributed by atoms with Gasteiger partial charge < -0.3 is 10.2 Å². The van der Waals surface area contributed by atoms with Gasteiger partial charge in [0.2, 0.25) is 0 Å². The van der Waals surface area contributed by atoms with E-state index in [-0.39, 0.29) is 0 Å². The Morgan fingerprint density at radius 2 is 1.72 bits per heavy atom. The van der Waals surface area contributed by atoms with Crippen LogP contribution in [0.1, 0.15) is 44.9 Å². The van der Waals surface area contributed by atoms with Gasteiger partial charge in [0.15, 0.2) is 0 Å². The van der Waals surface area contributed by atoms with Gasteiger partial charge in [0.05, 0.1) is 0 Å². The van der Waals surface area contributed by atoms with E-state index in [1.54, 1.807) is 0 Å². The van der Waals surface area contributed by atoms with Crippen molar-refractivity contribution in [3.05, 3.63) is 0 Å². The van der Waals surface area contributed by atoms with Crippen molar-refractivity contribution in [1.82, 2.24) is 15.1 Å². The van der Waals surface area contributed by atoms with Crippen molar-refractivity contribution >= 4 is 0 Å². The van der Waals surface area contributed by atoms with Gasteiger partial charge in [-0.25, -0.2) is 0 Å². The predicted octanol–water partition coefficient (Wildman–Crippen LogP) is 1.93. The highest BCUT2D eigenvalue weighted by Gasteiger charge is 2.26. The first-order valence-electron chi connectivity index (χ1n) is 7.90. The Labute approximate surface area is 113 Å². The Morgan fingerprint density at radius 3 is 2.39 bits per heavy atom.